The molecule has 1 atom stereocenters. The van der Waals surface area contributed by atoms with Crippen molar-refractivity contribution in [3.05, 3.63) is 12.2 Å². The molecular formula is C14H23N5O2. The van der Waals surface area contributed by atoms with Gasteiger partial charge in [0, 0.05) is 19.6 Å². The van der Waals surface area contributed by atoms with Gasteiger partial charge in [-0.1, -0.05) is 0 Å². The quantitative estimate of drug-likeness (QED) is 0.746. The lowest BCUT2D eigenvalue weighted by molar-refractivity contribution is -0.153. The molecule has 21 heavy (non-hydrogen) atoms. The van der Waals surface area contributed by atoms with E-state index in [0.717, 1.165) is 38.3 Å². The molecule has 1 aromatic heterocycles. The molecular weight excluding hydrogens is 270 g/mol. The van der Waals surface area contributed by atoms with Crippen molar-refractivity contribution >= 4 is 5.97 Å². The number of fused-ring (bicyclic) bond motifs is 1. The number of esters is 1. The summed E-state index contributed by atoms with van der Waals surface area (Å²) in [5, 5.41) is 11.4. The summed E-state index contributed by atoms with van der Waals surface area (Å²) in [6, 6.07) is 0. The van der Waals surface area contributed by atoms with E-state index in [0.29, 0.717) is 19.1 Å². The van der Waals surface area contributed by atoms with Crippen LogP contribution in [0.5, 0.6) is 0 Å². The lowest BCUT2D eigenvalue weighted by Gasteiger charge is -2.37. The molecule has 1 N–H and O–H groups in total. The van der Waals surface area contributed by atoms with Crippen molar-refractivity contribution in [3.8, 4) is 0 Å². The molecule has 1 aliphatic heterocycles. The van der Waals surface area contributed by atoms with Gasteiger partial charge in [0.15, 0.2) is 0 Å². The number of hydrogen-bond donors (Lipinski definition) is 1. The molecule has 0 aromatic carbocycles. The maximum Gasteiger partial charge on any atom is 0.327 e. The maximum absolute atomic E-state index is 12.5. The Bertz CT molecular complexity index is 513. The number of rotatable bonds is 6. The second-order valence-electron chi connectivity index (χ2n) is 5.87. The first-order valence-corrected chi connectivity index (χ1v) is 7.64. The fourth-order valence-electron chi connectivity index (χ4n) is 3.19. The summed E-state index contributed by atoms with van der Waals surface area (Å²) < 4.78 is 7.40. The van der Waals surface area contributed by atoms with Gasteiger partial charge in [-0.05, 0) is 32.7 Å². The zero-order valence-corrected chi connectivity index (χ0v) is 12.7. The van der Waals surface area contributed by atoms with E-state index in [2.05, 4.69) is 25.0 Å². The molecule has 0 saturated heterocycles. The normalized spacial score (nSPS) is 21.6. The van der Waals surface area contributed by atoms with E-state index in [9.17, 15) is 4.79 Å². The van der Waals surface area contributed by atoms with Crippen LogP contribution in [0, 0.1) is 5.92 Å². The minimum Gasteiger partial charge on any atom is -0.465 e. The first-order chi connectivity index (χ1) is 10.2. The Hall–Kier alpha value is -1.47. The standard InChI is InChI=1S/C14H23N5O2/c1-3-21-13(20)14(15-2,11-4-5-11)9-18-6-7-19-10-16-17-12(19)8-18/h10-11,15H,3-9H2,1-2H3. The van der Waals surface area contributed by atoms with Gasteiger partial charge in [-0.15, -0.1) is 10.2 Å². The number of likely N-dealkylation sites (N-methyl/N-ethyl adjacent to an activating group) is 1. The molecule has 1 aromatic rings. The van der Waals surface area contributed by atoms with E-state index >= 15 is 0 Å². The predicted molar refractivity (Wildman–Crippen MR) is 76.4 cm³/mol. The van der Waals surface area contributed by atoms with Crippen LogP contribution in [0.2, 0.25) is 0 Å². The van der Waals surface area contributed by atoms with Gasteiger partial charge < -0.3 is 14.6 Å². The van der Waals surface area contributed by atoms with E-state index in [-0.39, 0.29) is 5.97 Å². The summed E-state index contributed by atoms with van der Waals surface area (Å²) >= 11 is 0. The highest BCUT2D eigenvalue weighted by Gasteiger charge is 2.52. The number of hydrogen-bond acceptors (Lipinski definition) is 6. The molecule has 0 spiro atoms. The summed E-state index contributed by atoms with van der Waals surface area (Å²) in [6.45, 7) is 5.45. The highest BCUT2D eigenvalue weighted by molar-refractivity contribution is 5.82. The molecule has 1 saturated carbocycles. The Morgan fingerprint density at radius 2 is 2.33 bits per heavy atom. The van der Waals surface area contributed by atoms with Crippen LogP contribution in [0.1, 0.15) is 25.6 Å². The van der Waals surface area contributed by atoms with Gasteiger partial charge in [-0.2, -0.15) is 0 Å². The van der Waals surface area contributed by atoms with Crippen molar-refractivity contribution < 1.29 is 9.53 Å². The highest BCUT2D eigenvalue weighted by atomic mass is 16.5. The highest BCUT2D eigenvalue weighted by Crippen LogP contribution is 2.41. The SMILES string of the molecule is CCOC(=O)C(CN1CCn2cnnc2C1)(NC)C1CC1. The summed E-state index contributed by atoms with van der Waals surface area (Å²) in [5.41, 5.74) is -0.585. The van der Waals surface area contributed by atoms with Gasteiger partial charge >= 0.3 is 5.97 Å². The summed E-state index contributed by atoms with van der Waals surface area (Å²) in [5.74, 6) is 1.22. The summed E-state index contributed by atoms with van der Waals surface area (Å²) in [7, 11) is 1.86. The third-order valence-electron chi connectivity index (χ3n) is 4.55. The molecule has 2 heterocycles. The Kier molecular flexibility index (Phi) is 3.95. The fraction of sp³-hybridized carbons (Fsp3) is 0.786. The van der Waals surface area contributed by atoms with Crippen LogP contribution in [0.15, 0.2) is 6.33 Å². The van der Waals surface area contributed by atoms with Crippen LogP contribution in [0.4, 0.5) is 0 Å². The van der Waals surface area contributed by atoms with E-state index in [1.165, 1.54) is 0 Å². The van der Waals surface area contributed by atoms with Gasteiger partial charge in [0.1, 0.15) is 17.7 Å². The Morgan fingerprint density at radius 1 is 1.52 bits per heavy atom. The largest absolute Gasteiger partial charge is 0.465 e. The minimum absolute atomic E-state index is 0.123. The number of nitrogens with zero attached hydrogens (tertiary/aromatic N) is 4. The molecule has 0 bridgehead atoms. The average molecular weight is 293 g/mol. The summed E-state index contributed by atoms with van der Waals surface area (Å²) in [6.07, 6.45) is 3.94. The molecule has 7 heteroatoms. The molecule has 0 radical (unpaired) electrons. The molecule has 2 aliphatic rings. The topological polar surface area (TPSA) is 72.3 Å². The molecule has 3 rings (SSSR count). The van der Waals surface area contributed by atoms with Crippen molar-refractivity contribution in [3.63, 3.8) is 0 Å². The predicted octanol–water partition coefficient (Wildman–Crippen LogP) is 0.0250. The van der Waals surface area contributed by atoms with E-state index in [4.69, 9.17) is 4.74 Å². The van der Waals surface area contributed by atoms with Gasteiger partial charge in [0.05, 0.1) is 13.2 Å². The van der Waals surface area contributed by atoms with Crippen molar-refractivity contribution in [2.45, 2.75) is 38.4 Å². The van der Waals surface area contributed by atoms with Crippen LogP contribution in [-0.4, -0.2) is 57.9 Å². The van der Waals surface area contributed by atoms with Crippen LogP contribution in [0.25, 0.3) is 0 Å². The maximum atomic E-state index is 12.5. The van der Waals surface area contributed by atoms with E-state index < -0.39 is 5.54 Å². The van der Waals surface area contributed by atoms with Gasteiger partial charge in [-0.3, -0.25) is 4.90 Å². The van der Waals surface area contributed by atoms with Crippen LogP contribution >= 0.6 is 0 Å². The number of aromatic nitrogens is 3. The summed E-state index contributed by atoms with van der Waals surface area (Å²) in [4.78, 5) is 14.8. The lowest BCUT2D eigenvalue weighted by atomic mass is 9.92. The van der Waals surface area contributed by atoms with E-state index in [1.807, 2.05) is 14.0 Å². The second kappa shape index (κ2) is 5.73. The second-order valence-corrected chi connectivity index (χ2v) is 5.87. The third kappa shape index (κ3) is 2.67. The van der Waals surface area contributed by atoms with E-state index in [1.54, 1.807) is 6.33 Å². The monoisotopic (exact) mass is 293 g/mol. The molecule has 1 fully saturated rings. The molecule has 1 unspecified atom stereocenters. The molecule has 116 valence electrons. The van der Waals surface area contributed by atoms with Crippen LogP contribution in [-0.2, 0) is 22.6 Å². The van der Waals surface area contributed by atoms with Crippen molar-refractivity contribution in [2.24, 2.45) is 5.92 Å². The lowest BCUT2D eigenvalue weighted by Crippen LogP contribution is -2.60. The van der Waals surface area contributed by atoms with Crippen LogP contribution < -0.4 is 5.32 Å². The van der Waals surface area contributed by atoms with Gasteiger partial charge in [0.2, 0.25) is 0 Å². The first kappa shape index (κ1) is 14.5. The Labute approximate surface area is 124 Å². The Morgan fingerprint density at radius 3 is 3.00 bits per heavy atom. The van der Waals surface area contributed by atoms with Crippen LogP contribution in [0.3, 0.4) is 0 Å². The average Bonchev–Trinajstić information content (AvgIpc) is 3.23. The third-order valence-corrected chi connectivity index (χ3v) is 4.55. The minimum atomic E-state index is -0.585. The van der Waals surface area contributed by atoms with Crippen molar-refractivity contribution in [1.29, 1.82) is 0 Å². The zero-order chi connectivity index (χ0) is 14.9. The number of carbonyl (C=O) groups is 1. The van der Waals surface area contributed by atoms with Crippen molar-refractivity contribution in [2.75, 3.05) is 26.7 Å². The Balaban J connectivity index is 1.74. The van der Waals surface area contributed by atoms with Gasteiger partial charge in [0.25, 0.3) is 0 Å². The fourth-order valence-corrected chi connectivity index (χ4v) is 3.19. The van der Waals surface area contributed by atoms with Gasteiger partial charge in [-0.25, -0.2) is 4.79 Å². The number of carbonyl (C=O) groups excluding carboxylic acids is 1. The molecule has 1 aliphatic carbocycles. The smallest absolute Gasteiger partial charge is 0.327 e. The molecule has 7 nitrogen and oxygen atoms in total. The number of ether oxygens (including phenoxy) is 1. The first-order valence-electron chi connectivity index (χ1n) is 7.64. The zero-order valence-electron chi connectivity index (χ0n) is 12.7. The number of nitrogens with one attached hydrogen (secondary N) is 1. The van der Waals surface area contributed by atoms with Crippen molar-refractivity contribution in [1.82, 2.24) is 25.0 Å². The molecule has 0 amide bonds.